The molecule has 2 fully saturated rings. The van der Waals surface area contributed by atoms with Crippen molar-refractivity contribution in [3.63, 3.8) is 0 Å². The molecule has 3 heteroatoms. The molecule has 0 heterocycles. The summed E-state index contributed by atoms with van der Waals surface area (Å²) in [5, 5.41) is 20.1. The van der Waals surface area contributed by atoms with Crippen LogP contribution in [0.15, 0.2) is 0 Å². The van der Waals surface area contributed by atoms with Gasteiger partial charge >= 0.3 is 0 Å². The molecule has 0 bridgehead atoms. The molecule has 2 aliphatic rings. The summed E-state index contributed by atoms with van der Waals surface area (Å²) in [5.41, 5.74) is 0. The molecule has 0 unspecified atom stereocenters. The first kappa shape index (κ1) is 12.3. The summed E-state index contributed by atoms with van der Waals surface area (Å²) in [6.07, 6.45) is 8.39. The maximum absolute atomic E-state index is 10.0. The van der Waals surface area contributed by atoms with Gasteiger partial charge in [0.25, 0.3) is 0 Å². The quantitative estimate of drug-likeness (QED) is 0.752. The topological polar surface area (TPSA) is 43.7 Å². The fourth-order valence-electron chi connectivity index (χ4n) is 3.38. The Hall–Kier alpha value is -0.120. The Labute approximate surface area is 98.5 Å². The molecule has 94 valence electrons. The summed E-state index contributed by atoms with van der Waals surface area (Å²) in [6.45, 7) is 0. The molecule has 2 saturated carbocycles. The van der Waals surface area contributed by atoms with Crippen molar-refractivity contribution in [2.45, 2.75) is 75.7 Å². The predicted molar refractivity (Wildman–Crippen MR) is 64.3 cm³/mol. The van der Waals surface area contributed by atoms with Crippen LogP contribution in [0.1, 0.15) is 51.4 Å². The van der Waals surface area contributed by atoms with E-state index in [9.17, 15) is 10.2 Å². The third-order valence-electron chi connectivity index (χ3n) is 4.43. The van der Waals surface area contributed by atoms with E-state index in [4.69, 9.17) is 0 Å². The van der Waals surface area contributed by atoms with Gasteiger partial charge in [-0.15, -0.1) is 0 Å². The highest BCUT2D eigenvalue weighted by molar-refractivity contribution is 4.89. The molecule has 0 aliphatic heterocycles. The van der Waals surface area contributed by atoms with Gasteiger partial charge in [0, 0.05) is 12.1 Å². The van der Waals surface area contributed by atoms with Crippen molar-refractivity contribution in [3.05, 3.63) is 0 Å². The van der Waals surface area contributed by atoms with Gasteiger partial charge in [-0.05, 0) is 32.7 Å². The second kappa shape index (κ2) is 5.48. The third-order valence-corrected chi connectivity index (χ3v) is 4.43. The molecule has 2 rings (SSSR count). The van der Waals surface area contributed by atoms with Gasteiger partial charge < -0.3 is 10.2 Å². The molecule has 0 radical (unpaired) electrons. The average Bonchev–Trinajstić information content (AvgIpc) is 2.29. The smallest absolute Gasteiger partial charge is 0.0695 e. The Morgan fingerprint density at radius 2 is 1.12 bits per heavy atom. The summed E-state index contributed by atoms with van der Waals surface area (Å²) in [7, 11) is 2.08. The number of rotatable bonds is 2. The van der Waals surface area contributed by atoms with Gasteiger partial charge in [0.15, 0.2) is 0 Å². The van der Waals surface area contributed by atoms with Crippen LogP contribution in [0.2, 0.25) is 0 Å². The van der Waals surface area contributed by atoms with E-state index in [2.05, 4.69) is 11.9 Å². The summed E-state index contributed by atoms with van der Waals surface area (Å²) in [5.74, 6) is 0. The zero-order valence-corrected chi connectivity index (χ0v) is 10.3. The van der Waals surface area contributed by atoms with E-state index in [1.54, 1.807) is 0 Å². The van der Waals surface area contributed by atoms with Crippen LogP contribution in [0, 0.1) is 0 Å². The SMILES string of the molecule is CN([C@@H]1CCCC[C@@H]1O)[C@H]1CCCC[C@H]1O. The highest BCUT2D eigenvalue weighted by atomic mass is 16.3. The van der Waals surface area contributed by atoms with Gasteiger partial charge in [-0.25, -0.2) is 0 Å². The van der Waals surface area contributed by atoms with E-state index in [1.807, 2.05) is 0 Å². The van der Waals surface area contributed by atoms with Gasteiger partial charge in [-0.1, -0.05) is 25.7 Å². The van der Waals surface area contributed by atoms with E-state index < -0.39 is 0 Å². The molecule has 0 aromatic heterocycles. The maximum Gasteiger partial charge on any atom is 0.0695 e. The number of hydrogen-bond acceptors (Lipinski definition) is 3. The second-order valence-electron chi connectivity index (χ2n) is 5.50. The molecule has 0 aromatic rings. The first-order valence-corrected chi connectivity index (χ1v) is 6.78. The number of likely N-dealkylation sites (N-methyl/N-ethyl adjacent to an activating group) is 1. The lowest BCUT2D eigenvalue weighted by molar-refractivity contribution is -0.0371. The third kappa shape index (κ3) is 2.58. The van der Waals surface area contributed by atoms with Gasteiger partial charge in [-0.2, -0.15) is 0 Å². The minimum absolute atomic E-state index is 0.187. The van der Waals surface area contributed by atoms with E-state index in [1.165, 1.54) is 12.8 Å². The molecule has 2 N–H and O–H groups in total. The lowest BCUT2D eigenvalue weighted by Crippen LogP contribution is -2.53. The highest BCUT2D eigenvalue weighted by Crippen LogP contribution is 2.29. The maximum atomic E-state index is 10.0. The lowest BCUT2D eigenvalue weighted by atomic mass is 9.86. The Kier molecular flexibility index (Phi) is 4.22. The monoisotopic (exact) mass is 227 g/mol. The molecule has 2 aliphatic carbocycles. The largest absolute Gasteiger partial charge is 0.391 e. The molecule has 0 saturated heterocycles. The van der Waals surface area contributed by atoms with Gasteiger partial charge in [0.1, 0.15) is 0 Å². The lowest BCUT2D eigenvalue weighted by Gasteiger charge is -2.43. The summed E-state index contributed by atoms with van der Waals surface area (Å²) >= 11 is 0. The Bertz CT molecular complexity index is 200. The number of nitrogens with zero attached hydrogens (tertiary/aromatic N) is 1. The second-order valence-corrected chi connectivity index (χ2v) is 5.50. The Morgan fingerprint density at radius 3 is 1.50 bits per heavy atom. The van der Waals surface area contributed by atoms with Crippen molar-refractivity contribution in [2.24, 2.45) is 0 Å². The van der Waals surface area contributed by atoms with Crippen LogP contribution >= 0.6 is 0 Å². The van der Waals surface area contributed by atoms with Crippen molar-refractivity contribution in [2.75, 3.05) is 7.05 Å². The van der Waals surface area contributed by atoms with Gasteiger partial charge in [0.05, 0.1) is 12.2 Å². The van der Waals surface area contributed by atoms with Crippen molar-refractivity contribution >= 4 is 0 Å². The van der Waals surface area contributed by atoms with E-state index in [0.29, 0.717) is 0 Å². The number of aliphatic hydroxyl groups is 2. The van der Waals surface area contributed by atoms with Crippen LogP contribution in [-0.2, 0) is 0 Å². The standard InChI is InChI=1S/C13H25NO2/c1-14(10-6-2-4-8-12(10)15)11-7-3-5-9-13(11)16/h10-13,15-16H,2-9H2,1H3/t10-,11+,12+,13-. The number of hydrogen-bond donors (Lipinski definition) is 2. The molecule has 0 aromatic carbocycles. The van der Waals surface area contributed by atoms with Gasteiger partial charge in [-0.3, -0.25) is 4.90 Å². The van der Waals surface area contributed by atoms with Crippen molar-refractivity contribution < 1.29 is 10.2 Å². The Balaban J connectivity index is 1.96. The average molecular weight is 227 g/mol. The van der Waals surface area contributed by atoms with Crippen molar-refractivity contribution in [1.82, 2.24) is 4.90 Å². The molecular formula is C13H25NO2. The number of aliphatic hydroxyl groups excluding tert-OH is 2. The molecule has 4 atom stereocenters. The van der Waals surface area contributed by atoms with Crippen molar-refractivity contribution in [1.29, 1.82) is 0 Å². The van der Waals surface area contributed by atoms with Crippen molar-refractivity contribution in [3.8, 4) is 0 Å². The zero-order valence-electron chi connectivity index (χ0n) is 10.3. The molecule has 0 spiro atoms. The summed E-state index contributed by atoms with van der Waals surface area (Å²) in [6, 6.07) is 0.540. The first-order chi connectivity index (χ1) is 7.70. The predicted octanol–water partition coefficient (Wildman–Crippen LogP) is 1.53. The highest BCUT2D eigenvalue weighted by Gasteiger charge is 2.34. The summed E-state index contributed by atoms with van der Waals surface area (Å²) in [4.78, 5) is 2.26. The Morgan fingerprint density at radius 1 is 0.750 bits per heavy atom. The summed E-state index contributed by atoms with van der Waals surface area (Å²) < 4.78 is 0. The van der Waals surface area contributed by atoms with Crippen LogP contribution in [0.3, 0.4) is 0 Å². The zero-order chi connectivity index (χ0) is 11.5. The van der Waals surface area contributed by atoms with Crippen LogP contribution in [0.4, 0.5) is 0 Å². The van der Waals surface area contributed by atoms with Gasteiger partial charge in [0.2, 0.25) is 0 Å². The van der Waals surface area contributed by atoms with E-state index in [-0.39, 0.29) is 24.3 Å². The molecule has 3 nitrogen and oxygen atoms in total. The minimum Gasteiger partial charge on any atom is -0.391 e. The van der Waals surface area contributed by atoms with E-state index in [0.717, 1.165) is 38.5 Å². The van der Waals surface area contributed by atoms with Crippen LogP contribution in [0.5, 0.6) is 0 Å². The normalized spacial score (nSPS) is 41.2. The van der Waals surface area contributed by atoms with Crippen LogP contribution < -0.4 is 0 Å². The fourth-order valence-corrected chi connectivity index (χ4v) is 3.38. The molecule has 0 amide bonds. The molecular weight excluding hydrogens is 202 g/mol. The van der Waals surface area contributed by atoms with Crippen LogP contribution in [0.25, 0.3) is 0 Å². The minimum atomic E-state index is -0.187. The van der Waals surface area contributed by atoms with E-state index >= 15 is 0 Å². The van der Waals surface area contributed by atoms with Crippen LogP contribution in [-0.4, -0.2) is 46.5 Å². The fraction of sp³-hybridized carbons (Fsp3) is 1.00. The first-order valence-electron chi connectivity index (χ1n) is 6.78. The molecule has 16 heavy (non-hydrogen) atoms.